The van der Waals surface area contributed by atoms with Gasteiger partial charge in [-0.1, -0.05) is 0 Å². The van der Waals surface area contributed by atoms with Gasteiger partial charge in [-0.15, -0.1) is 0 Å². The molecule has 0 unspecified atom stereocenters. The summed E-state index contributed by atoms with van der Waals surface area (Å²) in [6.07, 6.45) is 3.71. The Morgan fingerprint density at radius 3 is 2.86 bits per heavy atom. The highest BCUT2D eigenvalue weighted by Crippen LogP contribution is 2.20. The highest BCUT2D eigenvalue weighted by atomic mass is 16.5. The number of aromatic nitrogens is 1. The maximum atomic E-state index is 11.7. The van der Waals surface area contributed by atoms with Crippen LogP contribution in [0.4, 0.5) is 11.5 Å². The molecule has 0 aliphatic heterocycles. The quantitative estimate of drug-likeness (QED) is 0.537. The molecule has 0 atom stereocenters. The molecule has 118 valence electrons. The number of anilines is 2. The lowest BCUT2D eigenvalue weighted by Crippen LogP contribution is -2.13. The molecular formula is C15H25N3O3. The van der Waals surface area contributed by atoms with E-state index in [1.807, 2.05) is 13.8 Å². The molecule has 1 aromatic heterocycles. The second-order valence-corrected chi connectivity index (χ2v) is 4.89. The van der Waals surface area contributed by atoms with E-state index in [9.17, 15) is 4.79 Å². The van der Waals surface area contributed by atoms with Crippen LogP contribution in [0.15, 0.2) is 12.3 Å². The first kappa shape index (κ1) is 17.2. The second kappa shape index (κ2) is 9.18. The predicted molar refractivity (Wildman–Crippen MR) is 83.4 cm³/mol. The summed E-state index contributed by atoms with van der Waals surface area (Å²) in [5.74, 6) is 0.0936. The Morgan fingerprint density at radius 1 is 1.43 bits per heavy atom. The molecule has 0 aliphatic rings. The number of ether oxygens (including phenoxy) is 2. The molecular weight excluding hydrogens is 270 g/mol. The van der Waals surface area contributed by atoms with Crippen molar-refractivity contribution in [2.24, 2.45) is 0 Å². The van der Waals surface area contributed by atoms with Crippen molar-refractivity contribution in [2.45, 2.75) is 39.7 Å². The summed E-state index contributed by atoms with van der Waals surface area (Å²) in [5.41, 5.74) is 6.62. The van der Waals surface area contributed by atoms with Crippen LogP contribution in [0.3, 0.4) is 0 Å². The van der Waals surface area contributed by atoms with Crippen molar-refractivity contribution in [3.63, 3.8) is 0 Å². The molecule has 1 rings (SSSR count). The van der Waals surface area contributed by atoms with E-state index in [1.165, 1.54) is 0 Å². The number of nitrogen functional groups attached to an aromatic ring is 1. The van der Waals surface area contributed by atoms with Gasteiger partial charge in [-0.3, -0.25) is 0 Å². The van der Waals surface area contributed by atoms with Crippen molar-refractivity contribution in [3.05, 3.63) is 17.8 Å². The molecule has 0 aromatic carbocycles. The van der Waals surface area contributed by atoms with Crippen molar-refractivity contribution < 1.29 is 14.3 Å². The lowest BCUT2D eigenvalue weighted by atomic mass is 10.2. The van der Waals surface area contributed by atoms with Crippen LogP contribution in [0.25, 0.3) is 0 Å². The number of hydrogen-bond acceptors (Lipinski definition) is 6. The molecule has 0 aliphatic carbocycles. The van der Waals surface area contributed by atoms with Gasteiger partial charge in [-0.2, -0.15) is 0 Å². The molecule has 6 heteroatoms. The average molecular weight is 295 g/mol. The average Bonchev–Trinajstić information content (AvgIpc) is 2.44. The Labute approximate surface area is 126 Å². The van der Waals surface area contributed by atoms with E-state index >= 15 is 0 Å². The largest absolute Gasteiger partial charge is 0.462 e. The fourth-order valence-corrected chi connectivity index (χ4v) is 1.75. The minimum atomic E-state index is -0.425. The molecule has 3 N–H and O–H groups in total. The second-order valence-electron chi connectivity index (χ2n) is 4.89. The van der Waals surface area contributed by atoms with Crippen molar-refractivity contribution in [3.8, 4) is 0 Å². The lowest BCUT2D eigenvalue weighted by molar-refractivity contribution is 0.0527. The topological polar surface area (TPSA) is 86.5 Å². The SMILES string of the molecule is CCOC(=O)c1ccnc(NCCCCOC(C)C)c1N. The molecule has 0 fully saturated rings. The zero-order chi connectivity index (χ0) is 15.7. The Hall–Kier alpha value is -1.82. The Balaban J connectivity index is 2.45. The number of nitrogens with zero attached hydrogens (tertiary/aromatic N) is 1. The smallest absolute Gasteiger partial charge is 0.340 e. The molecule has 0 spiro atoms. The maximum absolute atomic E-state index is 11.7. The number of nitrogens with one attached hydrogen (secondary N) is 1. The van der Waals surface area contributed by atoms with Gasteiger partial charge in [-0.25, -0.2) is 9.78 Å². The first-order valence-corrected chi connectivity index (χ1v) is 7.33. The van der Waals surface area contributed by atoms with Crippen molar-refractivity contribution in [1.29, 1.82) is 0 Å². The van der Waals surface area contributed by atoms with E-state index in [-0.39, 0.29) is 6.10 Å². The van der Waals surface area contributed by atoms with Crippen LogP contribution in [0.2, 0.25) is 0 Å². The van der Waals surface area contributed by atoms with Crippen LogP contribution in [0.5, 0.6) is 0 Å². The summed E-state index contributed by atoms with van der Waals surface area (Å²) in [6, 6.07) is 1.56. The molecule has 21 heavy (non-hydrogen) atoms. The number of rotatable bonds is 9. The molecule has 6 nitrogen and oxygen atoms in total. The first-order chi connectivity index (χ1) is 10.1. The minimum Gasteiger partial charge on any atom is -0.462 e. The zero-order valence-electron chi connectivity index (χ0n) is 13.0. The Morgan fingerprint density at radius 2 is 2.19 bits per heavy atom. The van der Waals surface area contributed by atoms with E-state index in [0.29, 0.717) is 23.7 Å². The van der Waals surface area contributed by atoms with Crippen LogP contribution >= 0.6 is 0 Å². The van der Waals surface area contributed by atoms with Gasteiger partial charge in [0.05, 0.1) is 24.0 Å². The Kier molecular flexibility index (Phi) is 7.53. The predicted octanol–water partition coefficient (Wildman–Crippen LogP) is 2.46. The van der Waals surface area contributed by atoms with Gasteiger partial charge < -0.3 is 20.5 Å². The standard InChI is InChI=1S/C15H25N3O3/c1-4-20-15(19)12-7-9-18-14(13(12)16)17-8-5-6-10-21-11(2)3/h7,9,11H,4-6,8,10,16H2,1-3H3,(H,17,18). The van der Waals surface area contributed by atoms with Crippen LogP contribution < -0.4 is 11.1 Å². The number of esters is 1. The zero-order valence-corrected chi connectivity index (χ0v) is 13.0. The van der Waals surface area contributed by atoms with Gasteiger partial charge in [0.2, 0.25) is 0 Å². The summed E-state index contributed by atoms with van der Waals surface area (Å²) in [7, 11) is 0. The number of carbonyl (C=O) groups excluding carboxylic acids is 1. The third kappa shape index (κ3) is 5.99. The minimum absolute atomic E-state index is 0.261. The molecule has 1 heterocycles. The van der Waals surface area contributed by atoms with Crippen molar-refractivity contribution in [2.75, 3.05) is 30.8 Å². The summed E-state index contributed by atoms with van der Waals surface area (Å²) in [6.45, 7) is 7.58. The van der Waals surface area contributed by atoms with Crippen LogP contribution in [0, 0.1) is 0 Å². The Bertz CT molecular complexity index is 450. The maximum Gasteiger partial charge on any atom is 0.340 e. The molecule has 0 bridgehead atoms. The monoisotopic (exact) mass is 295 g/mol. The van der Waals surface area contributed by atoms with E-state index in [2.05, 4.69) is 10.3 Å². The molecule has 0 saturated heterocycles. The molecule has 0 saturated carbocycles. The highest BCUT2D eigenvalue weighted by Gasteiger charge is 2.14. The van der Waals surface area contributed by atoms with Gasteiger partial charge in [0.1, 0.15) is 5.82 Å². The number of hydrogen-bond donors (Lipinski definition) is 2. The highest BCUT2D eigenvalue weighted by molar-refractivity contribution is 5.97. The van der Waals surface area contributed by atoms with Gasteiger partial charge in [0.15, 0.2) is 0 Å². The summed E-state index contributed by atoms with van der Waals surface area (Å²) < 4.78 is 10.4. The van der Waals surface area contributed by atoms with Gasteiger partial charge in [0, 0.05) is 19.3 Å². The molecule has 1 aromatic rings. The van der Waals surface area contributed by atoms with E-state index in [4.69, 9.17) is 15.2 Å². The number of pyridine rings is 1. The van der Waals surface area contributed by atoms with E-state index in [0.717, 1.165) is 26.0 Å². The van der Waals surface area contributed by atoms with Gasteiger partial charge in [0.25, 0.3) is 0 Å². The third-order valence-corrected chi connectivity index (χ3v) is 2.80. The van der Waals surface area contributed by atoms with E-state index < -0.39 is 5.97 Å². The van der Waals surface area contributed by atoms with Crippen molar-refractivity contribution in [1.82, 2.24) is 4.98 Å². The first-order valence-electron chi connectivity index (χ1n) is 7.33. The summed E-state index contributed by atoms with van der Waals surface area (Å²) in [4.78, 5) is 15.9. The van der Waals surface area contributed by atoms with Crippen LogP contribution in [-0.4, -0.2) is 36.8 Å². The van der Waals surface area contributed by atoms with Gasteiger partial charge in [-0.05, 0) is 39.7 Å². The number of carbonyl (C=O) groups is 1. The summed E-state index contributed by atoms with van der Waals surface area (Å²) in [5, 5.41) is 3.14. The molecule has 0 radical (unpaired) electrons. The fourth-order valence-electron chi connectivity index (χ4n) is 1.75. The fraction of sp³-hybridized carbons (Fsp3) is 0.600. The van der Waals surface area contributed by atoms with Crippen LogP contribution in [0.1, 0.15) is 44.0 Å². The van der Waals surface area contributed by atoms with Crippen LogP contribution in [-0.2, 0) is 9.47 Å². The normalized spacial score (nSPS) is 10.7. The third-order valence-electron chi connectivity index (χ3n) is 2.80. The van der Waals surface area contributed by atoms with Crippen molar-refractivity contribution >= 4 is 17.5 Å². The number of nitrogens with two attached hydrogens (primary N) is 1. The molecule has 0 amide bonds. The number of unbranched alkanes of at least 4 members (excludes halogenated alkanes) is 1. The summed E-state index contributed by atoms with van der Waals surface area (Å²) >= 11 is 0. The van der Waals surface area contributed by atoms with E-state index in [1.54, 1.807) is 19.2 Å². The van der Waals surface area contributed by atoms with Gasteiger partial charge >= 0.3 is 5.97 Å². The lowest BCUT2D eigenvalue weighted by Gasteiger charge is -2.11.